The third-order valence-electron chi connectivity index (χ3n) is 15.8. The van der Waals surface area contributed by atoms with Gasteiger partial charge in [-0.15, -0.1) is 0 Å². The van der Waals surface area contributed by atoms with Crippen LogP contribution in [-0.2, 0) is 10.8 Å². The maximum atomic E-state index is 2.60. The van der Waals surface area contributed by atoms with E-state index in [2.05, 4.69) is 177 Å². The van der Waals surface area contributed by atoms with Crippen LogP contribution in [0, 0.1) is 17.8 Å². The first kappa shape index (κ1) is 36.0. The monoisotopic (exact) mass is 755 g/mol. The fourth-order valence-electron chi connectivity index (χ4n) is 12.5. The predicted molar refractivity (Wildman–Crippen MR) is 245 cm³/mol. The summed E-state index contributed by atoms with van der Waals surface area (Å²) in [4.78, 5) is 2.52. The lowest BCUT2D eigenvalue weighted by molar-refractivity contribution is 0.322. The van der Waals surface area contributed by atoms with E-state index in [9.17, 15) is 0 Å². The molecule has 5 aliphatic rings. The van der Waals surface area contributed by atoms with E-state index < -0.39 is 0 Å². The van der Waals surface area contributed by atoms with Crippen molar-refractivity contribution in [3.63, 3.8) is 0 Å². The van der Waals surface area contributed by atoms with Gasteiger partial charge < -0.3 is 4.90 Å². The molecule has 3 fully saturated rings. The second kappa shape index (κ2) is 14.0. The van der Waals surface area contributed by atoms with Crippen LogP contribution in [0.15, 0.2) is 157 Å². The van der Waals surface area contributed by atoms with E-state index in [4.69, 9.17) is 0 Å². The average Bonchev–Trinajstić information content (AvgIpc) is 3.96. The van der Waals surface area contributed by atoms with Gasteiger partial charge >= 0.3 is 0 Å². The Balaban J connectivity index is 0.933. The quantitative estimate of drug-likeness (QED) is 0.157. The zero-order chi connectivity index (χ0) is 39.0. The number of hydrogen-bond donors (Lipinski definition) is 0. The third-order valence-corrected chi connectivity index (χ3v) is 15.8. The lowest BCUT2D eigenvalue weighted by atomic mass is 9.66. The standard InChI is InChI=1S/C57H57N/c1-56(2)54-36-47(46-20-17-40-11-7-8-12-45(40)35-46)25-30-53(54)57(3)32-31-51(37-55(56)57)58(49-26-21-42(22-27-49)39-9-5-4-6-10-39)50-28-23-43(24-29-50)41-15-18-44(19-16-41)52-34-38-13-14-48(52)33-38/h7-8,11-12,15-32,35-39,48,52,55H,4-6,9-10,13-14,33-34H2,1-3H3. The van der Waals surface area contributed by atoms with Gasteiger partial charge in [0.05, 0.1) is 0 Å². The third kappa shape index (κ3) is 6.03. The Morgan fingerprint density at radius 2 is 1.17 bits per heavy atom. The Kier molecular flexibility index (Phi) is 8.69. The number of allylic oxidation sites excluding steroid dienone is 3. The van der Waals surface area contributed by atoms with Crippen LogP contribution in [-0.4, -0.2) is 0 Å². The van der Waals surface area contributed by atoms with Crippen molar-refractivity contribution in [1.82, 2.24) is 0 Å². The lowest BCUT2D eigenvalue weighted by Gasteiger charge is -2.39. The van der Waals surface area contributed by atoms with Gasteiger partial charge in [0.15, 0.2) is 0 Å². The highest BCUT2D eigenvalue weighted by Crippen LogP contribution is 2.58. The van der Waals surface area contributed by atoms with Crippen LogP contribution in [0.4, 0.5) is 11.4 Å². The van der Waals surface area contributed by atoms with Gasteiger partial charge in [-0.1, -0.05) is 162 Å². The summed E-state index contributed by atoms with van der Waals surface area (Å²) in [5, 5.41) is 2.58. The Bertz CT molecular complexity index is 2540. The van der Waals surface area contributed by atoms with E-state index in [-0.39, 0.29) is 10.8 Å². The molecule has 0 amide bonds. The number of benzene rings is 6. The topological polar surface area (TPSA) is 3.24 Å². The molecule has 6 aromatic rings. The minimum Gasteiger partial charge on any atom is -0.311 e. The first-order chi connectivity index (χ1) is 28.3. The second-order valence-electron chi connectivity index (χ2n) is 19.4. The summed E-state index contributed by atoms with van der Waals surface area (Å²) >= 11 is 0. The molecule has 0 radical (unpaired) electrons. The highest BCUT2D eigenvalue weighted by molar-refractivity contribution is 5.87. The normalized spacial score (nSPS) is 25.7. The molecule has 58 heavy (non-hydrogen) atoms. The Morgan fingerprint density at radius 1 is 0.534 bits per heavy atom. The molecule has 1 heteroatoms. The first-order valence-corrected chi connectivity index (χ1v) is 22.5. The summed E-state index contributed by atoms with van der Waals surface area (Å²) in [6.07, 6.45) is 20.0. The Labute approximate surface area is 346 Å². The van der Waals surface area contributed by atoms with Gasteiger partial charge in [0.1, 0.15) is 0 Å². The summed E-state index contributed by atoms with van der Waals surface area (Å²) in [6.45, 7) is 7.41. The molecular formula is C57H57N. The maximum Gasteiger partial charge on any atom is 0.0461 e. The van der Waals surface area contributed by atoms with Gasteiger partial charge in [-0.2, -0.15) is 0 Å². The van der Waals surface area contributed by atoms with Crippen molar-refractivity contribution in [3.05, 3.63) is 180 Å². The molecule has 1 nitrogen and oxygen atoms in total. The van der Waals surface area contributed by atoms with Gasteiger partial charge in [-0.25, -0.2) is 0 Å². The molecule has 11 rings (SSSR count). The van der Waals surface area contributed by atoms with Gasteiger partial charge in [0.25, 0.3) is 0 Å². The van der Waals surface area contributed by atoms with Crippen LogP contribution in [0.3, 0.4) is 0 Å². The molecule has 0 saturated heterocycles. The lowest BCUT2D eigenvalue weighted by Crippen LogP contribution is -2.36. The minimum atomic E-state index is -0.0885. The molecule has 3 saturated carbocycles. The van der Waals surface area contributed by atoms with E-state index in [0.29, 0.717) is 11.8 Å². The van der Waals surface area contributed by atoms with E-state index >= 15 is 0 Å². The highest BCUT2D eigenvalue weighted by Gasteiger charge is 2.52. The molecule has 5 aliphatic carbocycles. The summed E-state index contributed by atoms with van der Waals surface area (Å²) in [6, 6.07) is 51.5. The fourth-order valence-corrected chi connectivity index (χ4v) is 12.5. The van der Waals surface area contributed by atoms with Crippen molar-refractivity contribution in [2.24, 2.45) is 17.8 Å². The van der Waals surface area contributed by atoms with Crippen LogP contribution in [0.25, 0.3) is 33.0 Å². The molecule has 290 valence electrons. The van der Waals surface area contributed by atoms with Crippen LogP contribution >= 0.6 is 0 Å². The van der Waals surface area contributed by atoms with E-state index in [1.165, 1.54) is 125 Å². The molecular weight excluding hydrogens is 699 g/mol. The molecule has 0 spiro atoms. The van der Waals surface area contributed by atoms with Crippen molar-refractivity contribution >= 4 is 22.1 Å². The fraction of sp³-hybridized carbons (Fsp3) is 0.333. The summed E-state index contributed by atoms with van der Waals surface area (Å²) in [5.74, 6) is 3.66. The van der Waals surface area contributed by atoms with Crippen LogP contribution < -0.4 is 4.90 Å². The smallest absolute Gasteiger partial charge is 0.0461 e. The molecule has 0 aliphatic heterocycles. The summed E-state index contributed by atoms with van der Waals surface area (Å²) in [7, 11) is 0. The van der Waals surface area contributed by atoms with Gasteiger partial charge in [0, 0.05) is 28.4 Å². The predicted octanol–water partition coefficient (Wildman–Crippen LogP) is 15.6. The number of nitrogens with zero attached hydrogens (tertiary/aromatic N) is 1. The Morgan fingerprint density at radius 3 is 1.88 bits per heavy atom. The van der Waals surface area contributed by atoms with Crippen LogP contribution in [0.2, 0.25) is 0 Å². The Hall–Kier alpha value is -5.14. The highest BCUT2D eigenvalue weighted by atomic mass is 15.1. The largest absolute Gasteiger partial charge is 0.311 e. The van der Waals surface area contributed by atoms with Gasteiger partial charge in [-0.05, 0) is 153 Å². The van der Waals surface area contributed by atoms with E-state index in [1.807, 2.05) is 0 Å². The summed E-state index contributed by atoms with van der Waals surface area (Å²) < 4.78 is 0. The molecule has 5 unspecified atom stereocenters. The molecule has 5 atom stereocenters. The van der Waals surface area contributed by atoms with Crippen molar-refractivity contribution in [3.8, 4) is 22.3 Å². The number of anilines is 2. The van der Waals surface area contributed by atoms with Gasteiger partial charge in [0.2, 0.25) is 0 Å². The summed E-state index contributed by atoms with van der Waals surface area (Å²) in [5.41, 5.74) is 14.7. The van der Waals surface area contributed by atoms with Crippen LogP contribution in [0.5, 0.6) is 0 Å². The van der Waals surface area contributed by atoms with Crippen molar-refractivity contribution in [2.75, 3.05) is 4.90 Å². The first-order valence-electron chi connectivity index (χ1n) is 22.5. The molecule has 0 N–H and O–H groups in total. The maximum absolute atomic E-state index is 2.60. The molecule has 0 aromatic heterocycles. The van der Waals surface area contributed by atoms with Crippen molar-refractivity contribution in [1.29, 1.82) is 0 Å². The van der Waals surface area contributed by atoms with Crippen molar-refractivity contribution in [2.45, 2.75) is 101 Å². The van der Waals surface area contributed by atoms with Crippen molar-refractivity contribution < 1.29 is 0 Å². The van der Waals surface area contributed by atoms with E-state index in [1.54, 1.807) is 5.56 Å². The molecule has 2 bridgehead atoms. The number of hydrogen-bond acceptors (Lipinski definition) is 1. The molecule has 6 aromatic carbocycles. The molecule has 0 heterocycles. The SMILES string of the molecule is CC1(C)c2cc(-c3ccc4ccccc4c3)ccc2C2(C)C=CC(N(c3ccc(-c4ccc(C5CC6CCC5C6)cc4)cc3)c3ccc(C4CCCCC4)cc3)=CC12. The second-order valence-corrected chi connectivity index (χ2v) is 19.4. The van der Waals surface area contributed by atoms with Crippen LogP contribution in [0.1, 0.15) is 113 Å². The zero-order valence-corrected chi connectivity index (χ0v) is 34.6. The van der Waals surface area contributed by atoms with E-state index in [0.717, 1.165) is 17.8 Å². The van der Waals surface area contributed by atoms with Gasteiger partial charge in [-0.3, -0.25) is 0 Å². The number of fused-ring (bicyclic) bond motifs is 6. The number of rotatable bonds is 7. The zero-order valence-electron chi connectivity index (χ0n) is 34.6. The average molecular weight is 756 g/mol. The minimum absolute atomic E-state index is 0.0580.